The van der Waals surface area contributed by atoms with Crippen LogP contribution in [0.4, 0.5) is 0 Å². The Morgan fingerprint density at radius 2 is 1.42 bits per heavy atom. The van der Waals surface area contributed by atoms with Crippen molar-refractivity contribution >= 4 is 37.8 Å². The van der Waals surface area contributed by atoms with Crippen LogP contribution in [-0.2, 0) is 17.1 Å². The van der Waals surface area contributed by atoms with Gasteiger partial charge in [0.15, 0.2) is 0 Å². The molecule has 4 heteroatoms. The molecule has 2 unspecified atom stereocenters. The number of fused-ring (bicyclic) bond motifs is 1. The molecule has 2 aromatic rings. The molecule has 0 saturated heterocycles. The van der Waals surface area contributed by atoms with E-state index in [4.69, 9.17) is 0 Å². The summed E-state index contributed by atoms with van der Waals surface area (Å²) in [6.07, 6.45) is 2.50. The Hall–Kier alpha value is -0.673. The maximum Gasteiger partial charge on any atom is -0.147 e. The predicted octanol–water partition coefficient (Wildman–Crippen LogP) is 8.25. The summed E-state index contributed by atoms with van der Waals surface area (Å²) in [6, 6.07) is 17.9. The molecule has 2 aliphatic carbocycles. The van der Waals surface area contributed by atoms with Crippen molar-refractivity contribution in [3.8, 4) is 11.1 Å². The predicted molar refractivity (Wildman–Crippen MR) is 143 cm³/mol. The average Bonchev–Trinajstić information content (AvgIpc) is 3.12. The second kappa shape index (κ2) is 8.93. The summed E-state index contributed by atoms with van der Waals surface area (Å²) in [4.78, 5) is 0. The summed E-state index contributed by atoms with van der Waals surface area (Å²) in [5, 5.41) is 0. The van der Waals surface area contributed by atoms with Gasteiger partial charge in [0.05, 0.1) is 0 Å². The third-order valence-corrected chi connectivity index (χ3v) is 32.9. The van der Waals surface area contributed by atoms with Crippen molar-refractivity contribution in [1.82, 2.24) is 0 Å². The van der Waals surface area contributed by atoms with Crippen LogP contribution in [0.25, 0.3) is 17.2 Å². The Bertz CT molecular complexity index is 1180. The van der Waals surface area contributed by atoms with Gasteiger partial charge < -0.3 is 0 Å². The fourth-order valence-electron chi connectivity index (χ4n) is 6.50. The first kappa shape index (κ1) is 26.6. The minimum Gasteiger partial charge on any atom is -0.147 e. The van der Waals surface area contributed by atoms with E-state index in [0.717, 1.165) is 0 Å². The zero-order chi connectivity index (χ0) is 21.2. The Morgan fingerprint density at radius 1 is 0.806 bits per heavy atom. The molecule has 4 rings (SSSR count). The molecule has 0 N–H and O–H groups in total. The Morgan fingerprint density at radius 3 is 1.97 bits per heavy atom. The molecule has 0 aliphatic heterocycles. The van der Waals surface area contributed by atoms with Crippen molar-refractivity contribution in [3.63, 3.8) is 0 Å². The number of hydrogen-bond donors (Lipinski definition) is 0. The normalized spacial score (nSPS) is 20.8. The van der Waals surface area contributed by atoms with Crippen molar-refractivity contribution in [3.05, 3.63) is 85.3 Å². The molecule has 2 aromatic carbocycles. The van der Waals surface area contributed by atoms with Gasteiger partial charge in [-0.1, -0.05) is 0 Å². The summed E-state index contributed by atoms with van der Waals surface area (Å²) in [5.41, 5.74) is 12.1. The Kier molecular flexibility index (Phi) is 7.66. The largest absolute Gasteiger partial charge is 0.147 e. The van der Waals surface area contributed by atoms with E-state index in [1.54, 1.807) is 27.9 Å². The van der Waals surface area contributed by atoms with E-state index < -0.39 is 17.1 Å². The summed E-state index contributed by atoms with van der Waals surface area (Å²) in [5.74, 6) is 0.604. The van der Waals surface area contributed by atoms with E-state index in [1.807, 2.05) is 3.33 Å². The van der Waals surface area contributed by atoms with Gasteiger partial charge in [-0.15, -0.1) is 24.8 Å². The van der Waals surface area contributed by atoms with Gasteiger partial charge in [0.2, 0.25) is 0 Å². The van der Waals surface area contributed by atoms with E-state index in [0.29, 0.717) is 9.59 Å². The molecule has 0 heterocycles. The fourth-order valence-corrected chi connectivity index (χ4v) is 37.7. The van der Waals surface area contributed by atoms with Crippen LogP contribution in [0.2, 0.25) is 9.36 Å². The molecule has 0 fully saturated rings. The molecule has 0 bridgehead atoms. The molecule has 0 radical (unpaired) electrons. The zero-order valence-electron chi connectivity index (χ0n) is 19.9. The third kappa shape index (κ3) is 4.07. The van der Waals surface area contributed by atoms with Crippen LogP contribution in [0.15, 0.2) is 74.2 Å². The smallest absolute Gasteiger partial charge is 0.147 e. The van der Waals surface area contributed by atoms with Gasteiger partial charge in [0.1, 0.15) is 0 Å². The molecule has 0 nitrogen and oxygen atoms in total. The minimum absolute atomic E-state index is 0. The first-order valence-electron chi connectivity index (χ1n) is 10.9. The Balaban J connectivity index is 0.00000171. The van der Waals surface area contributed by atoms with E-state index in [2.05, 4.69) is 106 Å². The van der Waals surface area contributed by atoms with Crippen LogP contribution < -0.4 is 0 Å². The van der Waals surface area contributed by atoms with Crippen molar-refractivity contribution in [2.75, 3.05) is 0 Å². The van der Waals surface area contributed by atoms with Crippen molar-refractivity contribution in [2.45, 2.75) is 47.7 Å². The maximum absolute atomic E-state index is 3.43. The van der Waals surface area contributed by atoms with Crippen LogP contribution in [0.3, 0.4) is 0 Å². The third-order valence-electron chi connectivity index (χ3n) is 7.81. The van der Waals surface area contributed by atoms with E-state index >= 15 is 0 Å². The number of benzene rings is 2. The topological polar surface area (TPSA) is 0 Å². The number of halogens is 2. The summed E-state index contributed by atoms with van der Waals surface area (Å²) < 4.78 is 7.87. The fraction of sp³-hybridized carbons (Fsp3) is 0.333. The molecule has 31 heavy (non-hydrogen) atoms. The van der Waals surface area contributed by atoms with Crippen LogP contribution in [-0.4, -0.2) is 6.94 Å². The van der Waals surface area contributed by atoms with Gasteiger partial charge in [-0.05, 0) is 0 Å². The SMILES string of the molecule is CC1=Cc2c(-c3ccccc3)cccc2[CH]1[Hf]([CH3])([CH3])(=[SiH2])[C]1=C(C)C(C)=C(C)C1C.Cl.Cl. The van der Waals surface area contributed by atoms with E-state index in [9.17, 15) is 0 Å². The standard InChI is InChI=1S/C16H13.C9H13.2CH3.2ClH.Hf.H2Si/c1-12-10-14-8-5-9-15(16(14)11-12)13-6-3-2-4-7-13;1-6-5-7(2)9(4)8(6)3;;;;;;/h2-11H,1H3;6H,1-4H3;2*1H3;2*1H;;1H2. The molecule has 0 spiro atoms. The van der Waals surface area contributed by atoms with Gasteiger partial charge in [-0.2, -0.15) is 0 Å². The second-order valence-electron chi connectivity index (χ2n) is 10.4. The molecule has 0 amide bonds. The zero-order valence-corrected chi connectivity index (χ0v) is 26.5. The van der Waals surface area contributed by atoms with E-state index in [-0.39, 0.29) is 24.8 Å². The quantitative estimate of drug-likeness (QED) is 0.298. The van der Waals surface area contributed by atoms with Crippen LogP contribution in [0.1, 0.15) is 49.4 Å². The van der Waals surface area contributed by atoms with Gasteiger partial charge >= 0.3 is 180 Å². The Labute approximate surface area is 203 Å². The van der Waals surface area contributed by atoms with Crippen molar-refractivity contribution < 1.29 is 17.1 Å². The van der Waals surface area contributed by atoms with E-state index in [1.165, 1.54) is 16.7 Å². The molecule has 0 aromatic heterocycles. The van der Waals surface area contributed by atoms with Crippen LogP contribution in [0.5, 0.6) is 0 Å². The maximum atomic E-state index is 2.71. The first-order chi connectivity index (χ1) is 13.5. The van der Waals surface area contributed by atoms with Crippen molar-refractivity contribution in [2.24, 2.45) is 5.92 Å². The first-order valence-corrected chi connectivity index (χ1v) is 30.2. The van der Waals surface area contributed by atoms with Gasteiger partial charge in [-0.25, -0.2) is 0 Å². The van der Waals surface area contributed by atoms with Crippen LogP contribution >= 0.6 is 24.8 Å². The number of allylic oxidation sites excluding steroid dienone is 5. The van der Waals surface area contributed by atoms with Gasteiger partial charge in [0, 0.05) is 0 Å². The summed E-state index contributed by atoms with van der Waals surface area (Å²) >= 11 is -3.43. The van der Waals surface area contributed by atoms with Crippen LogP contribution in [0, 0.1) is 5.92 Å². The molecule has 2 atom stereocenters. The molecular weight excluding hydrogens is 602 g/mol. The van der Waals surface area contributed by atoms with Gasteiger partial charge in [-0.3, -0.25) is 0 Å². The summed E-state index contributed by atoms with van der Waals surface area (Å²) in [7, 11) is 0. The molecule has 2 aliphatic rings. The number of rotatable bonds is 3. The molecule has 0 saturated carbocycles. The minimum atomic E-state index is -3.43. The monoisotopic (exact) mass is 638 g/mol. The van der Waals surface area contributed by atoms with Gasteiger partial charge in [0.25, 0.3) is 0 Å². The molecule has 166 valence electrons. The number of hydrogen-bond acceptors (Lipinski definition) is 0. The molecular formula is C27H36Cl2HfSi. The van der Waals surface area contributed by atoms with Crippen molar-refractivity contribution in [1.29, 1.82) is 0 Å². The summed E-state index contributed by atoms with van der Waals surface area (Å²) in [6.45, 7) is 14.3. The second-order valence-corrected chi connectivity index (χ2v) is 52.4. The average molecular weight is 638 g/mol.